The Morgan fingerprint density at radius 2 is 2.00 bits per heavy atom. The summed E-state index contributed by atoms with van der Waals surface area (Å²) in [6.45, 7) is 1.07. The topological polar surface area (TPSA) is 69.6 Å². The van der Waals surface area contributed by atoms with Crippen LogP contribution < -0.4 is 4.90 Å². The molecule has 0 saturated heterocycles. The molecular formula is C18H18N3O3S+. The number of para-hydroxylation sites is 1. The molecule has 128 valence electrons. The van der Waals surface area contributed by atoms with Gasteiger partial charge in [-0.1, -0.05) is 30.3 Å². The van der Waals surface area contributed by atoms with E-state index >= 15 is 0 Å². The second-order valence-corrected chi connectivity index (χ2v) is 7.24. The summed E-state index contributed by atoms with van der Waals surface area (Å²) in [5.41, 5.74) is 0.290. The van der Waals surface area contributed by atoms with Crippen LogP contribution >= 0.6 is 11.8 Å². The molecule has 1 N–H and O–H groups in total. The number of aliphatic hydroxyl groups is 1. The van der Waals surface area contributed by atoms with E-state index < -0.39 is 10.6 Å². The Kier molecular flexibility index (Phi) is 3.97. The largest absolute Gasteiger partial charge is 0.346 e. The van der Waals surface area contributed by atoms with Gasteiger partial charge in [0.05, 0.1) is 11.5 Å². The van der Waals surface area contributed by atoms with Crippen LogP contribution in [-0.2, 0) is 5.72 Å². The van der Waals surface area contributed by atoms with Crippen molar-refractivity contribution in [1.82, 2.24) is 0 Å². The first-order chi connectivity index (χ1) is 12.1. The zero-order valence-corrected chi connectivity index (χ0v) is 14.4. The highest BCUT2D eigenvalue weighted by Crippen LogP contribution is 2.38. The number of thioether (sulfide) groups is 1. The third kappa shape index (κ3) is 2.69. The summed E-state index contributed by atoms with van der Waals surface area (Å²) in [4.78, 5) is 12.8. The highest BCUT2D eigenvalue weighted by molar-refractivity contribution is 8.13. The molecule has 2 aromatic rings. The van der Waals surface area contributed by atoms with E-state index in [0.717, 1.165) is 29.6 Å². The molecule has 2 aromatic carbocycles. The highest BCUT2D eigenvalue weighted by atomic mass is 32.2. The minimum atomic E-state index is -1.27. The predicted molar refractivity (Wildman–Crippen MR) is 98.0 cm³/mol. The van der Waals surface area contributed by atoms with Crippen molar-refractivity contribution in [3.05, 3.63) is 70.3 Å². The Morgan fingerprint density at radius 1 is 1.20 bits per heavy atom. The lowest BCUT2D eigenvalue weighted by molar-refractivity contribution is -0.656. The molecule has 4 rings (SSSR count). The summed E-state index contributed by atoms with van der Waals surface area (Å²) in [5.74, 6) is 1.00. The fraction of sp³-hybridized carbons (Fsp3) is 0.278. The highest BCUT2D eigenvalue weighted by Gasteiger charge is 2.53. The van der Waals surface area contributed by atoms with E-state index in [1.807, 2.05) is 34.9 Å². The van der Waals surface area contributed by atoms with Crippen LogP contribution in [0.1, 0.15) is 12.0 Å². The first kappa shape index (κ1) is 16.1. The minimum absolute atomic E-state index is 0.00435. The van der Waals surface area contributed by atoms with E-state index in [-0.39, 0.29) is 5.69 Å². The molecule has 25 heavy (non-hydrogen) atoms. The van der Waals surface area contributed by atoms with Gasteiger partial charge in [-0.15, -0.1) is 0 Å². The summed E-state index contributed by atoms with van der Waals surface area (Å²) < 4.78 is 1.98. The van der Waals surface area contributed by atoms with E-state index in [4.69, 9.17) is 0 Å². The van der Waals surface area contributed by atoms with Gasteiger partial charge >= 0.3 is 5.17 Å². The molecule has 2 aliphatic rings. The van der Waals surface area contributed by atoms with E-state index in [9.17, 15) is 15.2 Å². The van der Waals surface area contributed by atoms with E-state index in [2.05, 4.69) is 4.90 Å². The van der Waals surface area contributed by atoms with Crippen LogP contribution in [0.3, 0.4) is 0 Å². The third-order valence-corrected chi connectivity index (χ3v) is 5.82. The van der Waals surface area contributed by atoms with Gasteiger partial charge < -0.3 is 5.11 Å². The van der Waals surface area contributed by atoms with Crippen LogP contribution in [0.5, 0.6) is 0 Å². The van der Waals surface area contributed by atoms with Crippen molar-refractivity contribution in [3.8, 4) is 0 Å². The normalized spacial score (nSPS) is 22.8. The Hall–Kier alpha value is -2.38. The zero-order chi connectivity index (χ0) is 17.4. The Labute approximate surface area is 149 Å². The van der Waals surface area contributed by atoms with Crippen LogP contribution in [0.15, 0.2) is 54.6 Å². The average Bonchev–Trinajstić information content (AvgIpc) is 2.97. The Bertz CT molecular complexity index is 856. The van der Waals surface area contributed by atoms with Gasteiger partial charge in [0, 0.05) is 23.4 Å². The second kappa shape index (κ2) is 6.16. The lowest BCUT2D eigenvalue weighted by Gasteiger charge is -2.24. The number of nitro groups is 1. The van der Waals surface area contributed by atoms with Gasteiger partial charge in [0.1, 0.15) is 5.69 Å². The summed E-state index contributed by atoms with van der Waals surface area (Å²) >= 11 is 1.72. The van der Waals surface area contributed by atoms with Crippen molar-refractivity contribution in [2.24, 2.45) is 0 Å². The number of β-amino-alcohol motifs (C(OH)–C–C–N with tert-alkyl or cyclic N) is 1. The van der Waals surface area contributed by atoms with Gasteiger partial charge in [0.2, 0.25) is 0 Å². The smallest absolute Gasteiger partial charge is 0.316 e. The van der Waals surface area contributed by atoms with Crippen molar-refractivity contribution < 1.29 is 14.6 Å². The van der Waals surface area contributed by atoms with E-state index in [1.165, 1.54) is 12.1 Å². The SMILES string of the molecule is O=[N+]([O-])c1cccc(C2(O)CN(c3ccccc3)C3=[N+]2CCCS3)c1. The van der Waals surface area contributed by atoms with Crippen molar-refractivity contribution >= 4 is 28.3 Å². The van der Waals surface area contributed by atoms with Crippen LogP contribution in [0.4, 0.5) is 11.4 Å². The molecule has 0 amide bonds. The number of anilines is 1. The summed E-state index contributed by atoms with van der Waals surface area (Å²) in [6, 6.07) is 16.3. The molecule has 0 fully saturated rings. The maximum Gasteiger partial charge on any atom is 0.316 e. The fourth-order valence-electron chi connectivity index (χ4n) is 3.43. The molecule has 1 unspecified atom stereocenters. The number of hydrogen-bond acceptors (Lipinski definition) is 5. The quantitative estimate of drug-likeness (QED) is 0.520. The first-order valence-corrected chi connectivity index (χ1v) is 9.15. The fourth-order valence-corrected chi connectivity index (χ4v) is 4.61. The van der Waals surface area contributed by atoms with Gasteiger partial charge in [-0.25, -0.2) is 9.48 Å². The van der Waals surface area contributed by atoms with Gasteiger partial charge in [0.15, 0.2) is 6.54 Å². The molecule has 0 aromatic heterocycles. The van der Waals surface area contributed by atoms with Crippen LogP contribution in [0.2, 0.25) is 0 Å². The molecule has 0 saturated carbocycles. The van der Waals surface area contributed by atoms with E-state index in [1.54, 1.807) is 23.9 Å². The van der Waals surface area contributed by atoms with Crippen molar-refractivity contribution in [2.75, 3.05) is 23.7 Å². The lowest BCUT2D eigenvalue weighted by Crippen LogP contribution is -2.41. The summed E-state index contributed by atoms with van der Waals surface area (Å²) in [6.07, 6.45) is 0.966. The number of hydrogen-bond donors (Lipinski definition) is 1. The molecule has 2 heterocycles. The molecule has 0 spiro atoms. The zero-order valence-electron chi connectivity index (χ0n) is 13.5. The van der Waals surface area contributed by atoms with Crippen LogP contribution in [0.25, 0.3) is 0 Å². The minimum Gasteiger partial charge on any atom is -0.346 e. The van der Waals surface area contributed by atoms with Crippen molar-refractivity contribution in [1.29, 1.82) is 0 Å². The van der Waals surface area contributed by atoms with Crippen molar-refractivity contribution in [3.63, 3.8) is 0 Å². The van der Waals surface area contributed by atoms with Crippen molar-refractivity contribution in [2.45, 2.75) is 12.1 Å². The third-order valence-electron chi connectivity index (χ3n) is 4.63. The summed E-state index contributed by atoms with van der Waals surface area (Å²) in [7, 11) is 0. The average molecular weight is 356 g/mol. The van der Waals surface area contributed by atoms with Crippen LogP contribution in [0, 0.1) is 10.1 Å². The van der Waals surface area contributed by atoms with Gasteiger partial charge in [0.25, 0.3) is 11.4 Å². The van der Waals surface area contributed by atoms with E-state index in [0.29, 0.717) is 12.1 Å². The molecule has 0 bridgehead atoms. The number of amidine groups is 1. The number of non-ortho nitro benzene ring substituents is 1. The molecular weight excluding hydrogens is 338 g/mol. The number of benzene rings is 2. The van der Waals surface area contributed by atoms with Crippen LogP contribution in [-0.4, -0.2) is 38.6 Å². The molecule has 0 radical (unpaired) electrons. The standard InChI is InChI=1S/C18H18N3O3S/c22-18(14-6-4-9-16(12-14)21(23)24)13-19(15-7-2-1-3-8-15)17-20(18)10-5-11-25-17/h1-4,6-9,12,22H,5,10-11,13H2/q+1. The predicted octanol–water partition coefficient (Wildman–Crippen LogP) is 2.77. The van der Waals surface area contributed by atoms with Gasteiger partial charge in [-0.2, -0.15) is 0 Å². The number of nitro benzene ring substituents is 1. The maximum absolute atomic E-state index is 11.5. The second-order valence-electron chi connectivity index (χ2n) is 6.18. The van der Waals surface area contributed by atoms with Gasteiger partial charge in [-0.3, -0.25) is 10.1 Å². The first-order valence-electron chi connectivity index (χ1n) is 8.17. The maximum atomic E-state index is 11.5. The van der Waals surface area contributed by atoms with Gasteiger partial charge in [-0.05, 0) is 30.3 Å². The molecule has 2 aliphatic heterocycles. The molecule has 1 atom stereocenters. The molecule has 7 heteroatoms. The number of rotatable bonds is 3. The molecule has 6 nitrogen and oxygen atoms in total. The monoisotopic (exact) mass is 356 g/mol. The Morgan fingerprint density at radius 3 is 2.76 bits per heavy atom. The number of nitrogens with zero attached hydrogens (tertiary/aromatic N) is 3. The Balaban J connectivity index is 1.81. The summed E-state index contributed by atoms with van der Waals surface area (Å²) in [5, 5.41) is 23.7. The lowest BCUT2D eigenvalue weighted by atomic mass is 10.0. The molecule has 0 aliphatic carbocycles.